The first-order valence-electron chi connectivity index (χ1n) is 6.55. The first-order chi connectivity index (χ1) is 9.69. The maximum Gasteiger partial charge on any atom is 0.220 e. The molecule has 2 N–H and O–H groups in total. The topological polar surface area (TPSA) is 74.8 Å². The third kappa shape index (κ3) is 4.03. The number of hydrogen-bond donors (Lipinski definition) is 2. The van der Waals surface area contributed by atoms with Crippen LogP contribution in [0.3, 0.4) is 0 Å². The minimum absolute atomic E-state index is 0.0185. The van der Waals surface area contributed by atoms with Crippen molar-refractivity contribution in [3.8, 4) is 0 Å². The quantitative estimate of drug-likeness (QED) is 0.769. The molecule has 2 rings (SSSR count). The molecule has 0 aliphatic heterocycles. The van der Waals surface area contributed by atoms with Crippen LogP contribution in [0, 0.1) is 0 Å². The number of nitrogens with one attached hydrogen (secondary N) is 2. The number of carbonyl (C=O) groups is 2. The molecular formula is C14H17N3O2S. The Kier molecular flexibility index (Phi) is 5.06. The summed E-state index contributed by atoms with van der Waals surface area (Å²) in [5.74, 6) is -0.104. The van der Waals surface area contributed by atoms with Crippen molar-refractivity contribution in [1.29, 1.82) is 0 Å². The van der Waals surface area contributed by atoms with Crippen LogP contribution in [0.15, 0.2) is 23.6 Å². The number of nitrogens with zero attached hydrogens (tertiary/aromatic N) is 1. The molecule has 0 saturated carbocycles. The summed E-state index contributed by atoms with van der Waals surface area (Å²) >= 11 is 1.40. The Morgan fingerprint density at radius 2 is 2.25 bits per heavy atom. The van der Waals surface area contributed by atoms with E-state index in [2.05, 4.69) is 15.5 Å². The summed E-state index contributed by atoms with van der Waals surface area (Å²) in [6.45, 7) is 2.44. The fourth-order valence-corrected chi connectivity index (χ4v) is 2.45. The largest absolute Gasteiger partial charge is 0.350 e. The summed E-state index contributed by atoms with van der Waals surface area (Å²) in [4.78, 5) is 24.1. The lowest BCUT2D eigenvalue weighted by atomic mass is 10.2. The molecule has 0 radical (unpaired) electrons. The zero-order valence-electron chi connectivity index (χ0n) is 11.3. The average Bonchev–Trinajstić information content (AvgIpc) is 3.13. The second kappa shape index (κ2) is 7.00. The molecule has 0 bridgehead atoms. The Morgan fingerprint density at radius 1 is 1.40 bits per heavy atom. The van der Waals surface area contributed by atoms with Crippen molar-refractivity contribution in [2.24, 2.45) is 0 Å². The molecule has 106 valence electrons. The smallest absolute Gasteiger partial charge is 0.220 e. The van der Waals surface area contributed by atoms with E-state index >= 15 is 0 Å². The number of hydrogen-bond acceptors (Lipinski definition) is 4. The maximum atomic E-state index is 11.7. The molecule has 20 heavy (non-hydrogen) atoms. The standard InChI is InChI=1S/C14H17N3O2S/c1-2-10-8-11(17-16-10)9-15-14(19)6-5-12(18)13-4-3-7-20-13/h3-4,7-8H,2,5-6,9H2,1H3,(H,15,19)(H,16,17). The van der Waals surface area contributed by atoms with Crippen LogP contribution >= 0.6 is 11.3 Å². The Morgan fingerprint density at radius 3 is 2.90 bits per heavy atom. The second-order valence-electron chi connectivity index (χ2n) is 4.42. The van der Waals surface area contributed by atoms with Gasteiger partial charge in [0.25, 0.3) is 0 Å². The number of Topliss-reactive ketones (excluding diaryl/α,β-unsaturated/α-hetero) is 1. The number of ketones is 1. The van der Waals surface area contributed by atoms with Crippen LogP contribution < -0.4 is 5.32 Å². The fourth-order valence-electron chi connectivity index (χ4n) is 1.75. The van der Waals surface area contributed by atoms with Gasteiger partial charge >= 0.3 is 0 Å². The Hall–Kier alpha value is -1.95. The molecule has 6 heteroatoms. The lowest BCUT2D eigenvalue weighted by molar-refractivity contribution is -0.121. The molecule has 0 unspecified atom stereocenters. The van der Waals surface area contributed by atoms with Crippen LogP contribution in [0.25, 0.3) is 0 Å². The Balaban J connectivity index is 1.71. The van der Waals surface area contributed by atoms with Crippen LogP contribution in [-0.2, 0) is 17.8 Å². The minimum atomic E-state index is -0.123. The highest BCUT2D eigenvalue weighted by atomic mass is 32.1. The zero-order chi connectivity index (χ0) is 14.4. The van der Waals surface area contributed by atoms with E-state index in [1.807, 2.05) is 24.4 Å². The second-order valence-corrected chi connectivity index (χ2v) is 5.36. The van der Waals surface area contributed by atoms with Crippen LogP contribution in [0.2, 0.25) is 0 Å². The zero-order valence-corrected chi connectivity index (χ0v) is 12.1. The van der Waals surface area contributed by atoms with Crippen molar-refractivity contribution in [3.63, 3.8) is 0 Å². The number of aromatic nitrogens is 2. The van der Waals surface area contributed by atoms with E-state index in [9.17, 15) is 9.59 Å². The maximum absolute atomic E-state index is 11.7. The molecule has 5 nitrogen and oxygen atoms in total. The van der Waals surface area contributed by atoms with Gasteiger partial charge in [0.1, 0.15) is 0 Å². The number of thiophene rings is 1. The number of rotatable bonds is 7. The van der Waals surface area contributed by atoms with Crippen molar-refractivity contribution in [1.82, 2.24) is 15.5 Å². The highest BCUT2D eigenvalue weighted by Crippen LogP contribution is 2.12. The van der Waals surface area contributed by atoms with Crippen molar-refractivity contribution in [2.45, 2.75) is 32.7 Å². The molecular weight excluding hydrogens is 274 g/mol. The molecule has 0 fully saturated rings. The van der Waals surface area contributed by atoms with Gasteiger partial charge in [-0.25, -0.2) is 0 Å². The predicted octanol–water partition coefficient (Wildman–Crippen LogP) is 2.31. The van der Waals surface area contributed by atoms with E-state index in [1.54, 1.807) is 6.07 Å². The van der Waals surface area contributed by atoms with Gasteiger partial charge in [0, 0.05) is 12.8 Å². The van der Waals surface area contributed by atoms with E-state index in [0.717, 1.165) is 17.8 Å². The Labute approximate surface area is 121 Å². The molecule has 0 aliphatic rings. The molecule has 0 atom stereocenters. The van der Waals surface area contributed by atoms with E-state index < -0.39 is 0 Å². The number of amides is 1. The first kappa shape index (κ1) is 14.5. The van der Waals surface area contributed by atoms with E-state index in [4.69, 9.17) is 0 Å². The van der Waals surface area contributed by atoms with Gasteiger partial charge in [-0.3, -0.25) is 14.7 Å². The van der Waals surface area contributed by atoms with Gasteiger partial charge < -0.3 is 5.32 Å². The van der Waals surface area contributed by atoms with Crippen molar-refractivity contribution >= 4 is 23.0 Å². The van der Waals surface area contributed by atoms with Crippen LogP contribution in [0.5, 0.6) is 0 Å². The van der Waals surface area contributed by atoms with Crippen LogP contribution in [0.1, 0.15) is 40.8 Å². The van der Waals surface area contributed by atoms with Gasteiger partial charge in [-0.05, 0) is 23.9 Å². The molecule has 2 aromatic heterocycles. The van der Waals surface area contributed by atoms with Gasteiger partial charge in [0.2, 0.25) is 5.91 Å². The van der Waals surface area contributed by atoms with Crippen LogP contribution in [-0.4, -0.2) is 21.9 Å². The molecule has 0 spiro atoms. The monoisotopic (exact) mass is 291 g/mol. The van der Waals surface area contributed by atoms with Crippen molar-refractivity contribution in [3.05, 3.63) is 39.8 Å². The molecule has 2 aromatic rings. The third-order valence-electron chi connectivity index (χ3n) is 2.90. The summed E-state index contributed by atoms with van der Waals surface area (Å²) in [6.07, 6.45) is 1.32. The molecule has 0 aromatic carbocycles. The summed E-state index contributed by atoms with van der Waals surface area (Å²) in [6, 6.07) is 5.54. The number of aryl methyl sites for hydroxylation is 1. The molecule has 1 amide bonds. The summed E-state index contributed by atoms with van der Waals surface area (Å²) in [5, 5.41) is 11.6. The van der Waals surface area contributed by atoms with E-state index in [1.165, 1.54) is 11.3 Å². The van der Waals surface area contributed by atoms with E-state index in [0.29, 0.717) is 11.4 Å². The SMILES string of the molecule is CCc1cc(CNC(=O)CCC(=O)c2cccs2)[nH]n1. The molecule has 0 aliphatic carbocycles. The minimum Gasteiger partial charge on any atom is -0.350 e. The van der Waals surface area contributed by atoms with Gasteiger partial charge in [-0.2, -0.15) is 5.10 Å². The third-order valence-corrected chi connectivity index (χ3v) is 3.81. The average molecular weight is 291 g/mol. The summed E-state index contributed by atoms with van der Waals surface area (Å²) in [7, 11) is 0. The predicted molar refractivity (Wildman–Crippen MR) is 77.7 cm³/mol. The first-order valence-corrected chi connectivity index (χ1v) is 7.43. The highest BCUT2D eigenvalue weighted by Gasteiger charge is 2.10. The highest BCUT2D eigenvalue weighted by molar-refractivity contribution is 7.12. The normalized spacial score (nSPS) is 10.4. The van der Waals surface area contributed by atoms with Gasteiger partial charge in [0.05, 0.1) is 22.8 Å². The molecule has 2 heterocycles. The lowest BCUT2D eigenvalue weighted by Crippen LogP contribution is -2.23. The van der Waals surface area contributed by atoms with Gasteiger partial charge in [-0.15, -0.1) is 11.3 Å². The van der Waals surface area contributed by atoms with Gasteiger partial charge in [0.15, 0.2) is 5.78 Å². The number of H-pyrrole nitrogens is 1. The van der Waals surface area contributed by atoms with E-state index in [-0.39, 0.29) is 24.5 Å². The number of carbonyl (C=O) groups excluding carboxylic acids is 2. The number of aromatic amines is 1. The fraction of sp³-hybridized carbons (Fsp3) is 0.357. The lowest BCUT2D eigenvalue weighted by Gasteiger charge is -2.02. The summed E-state index contributed by atoms with van der Waals surface area (Å²) in [5.41, 5.74) is 1.85. The van der Waals surface area contributed by atoms with Crippen molar-refractivity contribution in [2.75, 3.05) is 0 Å². The summed E-state index contributed by atoms with van der Waals surface area (Å²) < 4.78 is 0. The Bertz CT molecular complexity index is 575. The molecule has 0 saturated heterocycles. The van der Waals surface area contributed by atoms with Crippen LogP contribution in [0.4, 0.5) is 0 Å². The van der Waals surface area contributed by atoms with Crippen molar-refractivity contribution < 1.29 is 9.59 Å². The van der Waals surface area contributed by atoms with Gasteiger partial charge in [-0.1, -0.05) is 13.0 Å².